The highest BCUT2D eigenvalue weighted by Crippen LogP contribution is 2.21. The maximum Gasteiger partial charge on any atom is 0.224 e. The molecule has 4 heteroatoms. The number of amides is 1. The average molecular weight is 315 g/mol. The Kier molecular flexibility index (Phi) is 5.68. The third-order valence-corrected chi connectivity index (χ3v) is 5.32. The van der Waals surface area contributed by atoms with E-state index in [1.54, 1.807) is 0 Å². The van der Waals surface area contributed by atoms with Crippen molar-refractivity contribution >= 4 is 5.91 Å². The van der Waals surface area contributed by atoms with Gasteiger partial charge in [-0.15, -0.1) is 0 Å². The highest BCUT2D eigenvalue weighted by Gasteiger charge is 2.22. The Morgan fingerprint density at radius 3 is 2.83 bits per heavy atom. The summed E-state index contributed by atoms with van der Waals surface area (Å²) in [7, 11) is 0. The Labute approximate surface area is 139 Å². The van der Waals surface area contributed by atoms with E-state index in [2.05, 4.69) is 46.7 Å². The molecule has 2 atom stereocenters. The van der Waals surface area contributed by atoms with Crippen LogP contribution in [-0.4, -0.2) is 36.5 Å². The van der Waals surface area contributed by atoms with Crippen LogP contribution >= 0.6 is 0 Å². The van der Waals surface area contributed by atoms with Gasteiger partial charge < -0.3 is 10.6 Å². The van der Waals surface area contributed by atoms with E-state index < -0.39 is 0 Å². The standard InChI is InChI=1S/C19H29N3O/c1-15-6-4-5-11-22(15)14-18-8-3-2-7-16(18)13-21-19(23)17-9-10-20-12-17/h2-3,7-8,15,17,20H,4-6,9-14H2,1H3,(H,21,23)/t15-,17-/m1/s1. The van der Waals surface area contributed by atoms with Gasteiger partial charge in [0.05, 0.1) is 5.92 Å². The van der Waals surface area contributed by atoms with E-state index in [1.807, 2.05) is 0 Å². The van der Waals surface area contributed by atoms with E-state index in [0.717, 1.165) is 26.1 Å². The molecule has 4 nitrogen and oxygen atoms in total. The van der Waals surface area contributed by atoms with E-state index in [0.29, 0.717) is 12.6 Å². The third kappa shape index (κ3) is 4.33. The Hall–Kier alpha value is -1.39. The zero-order valence-corrected chi connectivity index (χ0v) is 14.2. The van der Waals surface area contributed by atoms with Crippen molar-refractivity contribution in [1.29, 1.82) is 0 Å². The number of nitrogens with one attached hydrogen (secondary N) is 2. The molecular weight excluding hydrogens is 286 g/mol. The second-order valence-corrected chi connectivity index (χ2v) is 6.99. The molecule has 126 valence electrons. The van der Waals surface area contributed by atoms with Crippen molar-refractivity contribution in [2.45, 2.75) is 51.7 Å². The predicted molar refractivity (Wildman–Crippen MR) is 93.0 cm³/mol. The lowest BCUT2D eigenvalue weighted by atomic mass is 10.0. The minimum atomic E-state index is 0.143. The smallest absolute Gasteiger partial charge is 0.224 e. The first-order valence-electron chi connectivity index (χ1n) is 9.03. The number of carbonyl (C=O) groups excluding carboxylic acids is 1. The number of benzene rings is 1. The van der Waals surface area contributed by atoms with Crippen LogP contribution in [0.1, 0.15) is 43.7 Å². The van der Waals surface area contributed by atoms with Gasteiger partial charge in [-0.2, -0.15) is 0 Å². The molecule has 1 aromatic rings. The number of nitrogens with zero attached hydrogens (tertiary/aromatic N) is 1. The van der Waals surface area contributed by atoms with Gasteiger partial charge in [0.2, 0.25) is 5.91 Å². The molecule has 2 aliphatic rings. The summed E-state index contributed by atoms with van der Waals surface area (Å²) in [6, 6.07) is 9.20. The fourth-order valence-corrected chi connectivity index (χ4v) is 3.70. The van der Waals surface area contributed by atoms with Crippen molar-refractivity contribution in [2.24, 2.45) is 5.92 Å². The largest absolute Gasteiger partial charge is 0.352 e. The monoisotopic (exact) mass is 315 g/mol. The van der Waals surface area contributed by atoms with Crippen molar-refractivity contribution in [3.05, 3.63) is 35.4 Å². The van der Waals surface area contributed by atoms with E-state index in [1.165, 1.54) is 36.9 Å². The summed E-state index contributed by atoms with van der Waals surface area (Å²) in [6.45, 7) is 6.94. The molecule has 1 amide bonds. The van der Waals surface area contributed by atoms with Crippen molar-refractivity contribution < 1.29 is 4.79 Å². The molecule has 1 aromatic carbocycles. The van der Waals surface area contributed by atoms with Crippen LogP contribution in [0.4, 0.5) is 0 Å². The van der Waals surface area contributed by atoms with Gasteiger partial charge in [0.25, 0.3) is 0 Å². The molecule has 0 aliphatic carbocycles. The summed E-state index contributed by atoms with van der Waals surface area (Å²) in [6.07, 6.45) is 4.91. The highest BCUT2D eigenvalue weighted by atomic mass is 16.1. The molecule has 2 saturated heterocycles. The first-order chi connectivity index (χ1) is 11.2. The highest BCUT2D eigenvalue weighted by molar-refractivity contribution is 5.79. The summed E-state index contributed by atoms with van der Waals surface area (Å²) in [5, 5.41) is 6.39. The topological polar surface area (TPSA) is 44.4 Å². The second-order valence-electron chi connectivity index (χ2n) is 6.99. The molecule has 0 radical (unpaired) electrons. The minimum Gasteiger partial charge on any atom is -0.352 e. The van der Waals surface area contributed by atoms with Gasteiger partial charge in [-0.25, -0.2) is 0 Å². The normalized spacial score (nSPS) is 25.4. The maximum atomic E-state index is 12.2. The van der Waals surface area contributed by atoms with Crippen LogP contribution in [0.5, 0.6) is 0 Å². The zero-order chi connectivity index (χ0) is 16.1. The minimum absolute atomic E-state index is 0.143. The second kappa shape index (κ2) is 7.93. The van der Waals surface area contributed by atoms with Crippen molar-refractivity contribution in [2.75, 3.05) is 19.6 Å². The summed E-state index contributed by atoms with van der Waals surface area (Å²) < 4.78 is 0. The molecule has 3 rings (SSSR count). The van der Waals surface area contributed by atoms with Crippen molar-refractivity contribution in [1.82, 2.24) is 15.5 Å². The maximum absolute atomic E-state index is 12.2. The Morgan fingerprint density at radius 2 is 2.09 bits per heavy atom. The summed E-state index contributed by atoms with van der Waals surface area (Å²) >= 11 is 0. The molecule has 23 heavy (non-hydrogen) atoms. The molecule has 2 fully saturated rings. The van der Waals surface area contributed by atoms with E-state index >= 15 is 0 Å². The Bertz CT molecular complexity index is 525. The average Bonchev–Trinajstić information content (AvgIpc) is 3.10. The van der Waals surface area contributed by atoms with Crippen LogP contribution in [-0.2, 0) is 17.9 Å². The molecule has 2 heterocycles. The zero-order valence-electron chi connectivity index (χ0n) is 14.2. The molecule has 0 bridgehead atoms. The lowest BCUT2D eigenvalue weighted by molar-refractivity contribution is -0.124. The summed E-state index contributed by atoms with van der Waals surface area (Å²) in [5.74, 6) is 0.334. The van der Waals surface area contributed by atoms with Crippen molar-refractivity contribution in [3.63, 3.8) is 0 Å². The number of hydrogen-bond acceptors (Lipinski definition) is 3. The molecule has 0 aromatic heterocycles. The fourth-order valence-electron chi connectivity index (χ4n) is 3.70. The van der Waals surface area contributed by atoms with E-state index in [9.17, 15) is 4.79 Å². The molecule has 0 unspecified atom stereocenters. The van der Waals surface area contributed by atoms with Crippen LogP contribution in [0.3, 0.4) is 0 Å². The first-order valence-corrected chi connectivity index (χ1v) is 9.03. The van der Waals surface area contributed by atoms with E-state index in [4.69, 9.17) is 0 Å². The predicted octanol–water partition coefficient (Wildman–Crippen LogP) is 2.29. The third-order valence-electron chi connectivity index (χ3n) is 5.32. The number of piperidine rings is 1. The molecule has 2 N–H and O–H groups in total. The van der Waals surface area contributed by atoms with Gasteiger partial charge in [-0.05, 0) is 50.4 Å². The molecule has 0 spiro atoms. The van der Waals surface area contributed by atoms with Crippen LogP contribution < -0.4 is 10.6 Å². The van der Waals surface area contributed by atoms with Gasteiger partial charge in [0.1, 0.15) is 0 Å². The van der Waals surface area contributed by atoms with Gasteiger partial charge in [-0.3, -0.25) is 9.69 Å². The number of rotatable bonds is 5. The van der Waals surface area contributed by atoms with E-state index in [-0.39, 0.29) is 11.8 Å². The van der Waals surface area contributed by atoms with Crippen LogP contribution in [0.25, 0.3) is 0 Å². The summed E-state index contributed by atoms with van der Waals surface area (Å²) in [4.78, 5) is 14.8. The van der Waals surface area contributed by atoms with Crippen LogP contribution in [0.15, 0.2) is 24.3 Å². The van der Waals surface area contributed by atoms with Gasteiger partial charge >= 0.3 is 0 Å². The number of carbonyl (C=O) groups is 1. The van der Waals surface area contributed by atoms with Gasteiger partial charge in [-0.1, -0.05) is 30.7 Å². The van der Waals surface area contributed by atoms with Crippen molar-refractivity contribution in [3.8, 4) is 0 Å². The number of hydrogen-bond donors (Lipinski definition) is 2. The quantitative estimate of drug-likeness (QED) is 0.876. The van der Waals surface area contributed by atoms with Crippen LogP contribution in [0, 0.1) is 5.92 Å². The summed E-state index contributed by atoms with van der Waals surface area (Å²) in [5.41, 5.74) is 2.61. The lowest BCUT2D eigenvalue weighted by Gasteiger charge is -2.33. The number of likely N-dealkylation sites (tertiary alicyclic amines) is 1. The molecule has 0 saturated carbocycles. The Morgan fingerprint density at radius 1 is 1.26 bits per heavy atom. The fraction of sp³-hybridized carbons (Fsp3) is 0.632. The SMILES string of the molecule is C[C@@H]1CCCCN1Cc1ccccc1CNC(=O)[C@@H]1CCNC1. The van der Waals surface area contributed by atoms with Gasteiger partial charge in [0.15, 0.2) is 0 Å². The lowest BCUT2D eigenvalue weighted by Crippen LogP contribution is -2.37. The van der Waals surface area contributed by atoms with Gasteiger partial charge in [0, 0.05) is 25.7 Å². The van der Waals surface area contributed by atoms with Crippen LogP contribution in [0.2, 0.25) is 0 Å². The molecule has 2 aliphatic heterocycles. The molecular formula is C19H29N3O. The first kappa shape index (κ1) is 16.5. The Balaban J connectivity index is 1.59.